The summed E-state index contributed by atoms with van der Waals surface area (Å²) >= 11 is 0. The molecule has 1 aliphatic carbocycles. The van der Waals surface area contributed by atoms with Gasteiger partial charge in [-0.25, -0.2) is 0 Å². The molecule has 0 bridgehead atoms. The van der Waals surface area contributed by atoms with Crippen molar-refractivity contribution in [3.8, 4) is 0 Å². The molecular formula is C9H16N. The highest BCUT2D eigenvalue weighted by Gasteiger charge is 2.28. The number of likely N-dealkylation sites (tertiary alicyclic amines) is 1. The second-order valence-electron chi connectivity index (χ2n) is 3.73. The molecule has 57 valence electrons. The van der Waals surface area contributed by atoms with Gasteiger partial charge in [-0.05, 0) is 45.1 Å². The molecule has 1 unspecified atom stereocenters. The van der Waals surface area contributed by atoms with Crippen LogP contribution < -0.4 is 0 Å². The Morgan fingerprint density at radius 3 is 2.60 bits per heavy atom. The van der Waals surface area contributed by atoms with Crippen LogP contribution in [0.1, 0.15) is 25.7 Å². The Morgan fingerprint density at radius 2 is 2.10 bits per heavy atom. The van der Waals surface area contributed by atoms with Gasteiger partial charge >= 0.3 is 0 Å². The minimum Gasteiger partial charge on any atom is -0.300 e. The van der Waals surface area contributed by atoms with Gasteiger partial charge in [0, 0.05) is 12.6 Å². The van der Waals surface area contributed by atoms with E-state index in [1.165, 1.54) is 38.8 Å². The van der Waals surface area contributed by atoms with Crippen LogP contribution in [-0.2, 0) is 0 Å². The van der Waals surface area contributed by atoms with Crippen molar-refractivity contribution in [3.05, 3.63) is 6.92 Å². The molecule has 0 amide bonds. The number of hydrogen-bond donors (Lipinski definition) is 0. The summed E-state index contributed by atoms with van der Waals surface area (Å²) in [5, 5.41) is 0. The topological polar surface area (TPSA) is 3.24 Å². The van der Waals surface area contributed by atoms with Gasteiger partial charge in [-0.2, -0.15) is 0 Å². The lowest BCUT2D eigenvalue weighted by atomic mass is 10.2. The van der Waals surface area contributed by atoms with Gasteiger partial charge in [-0.1, -0.05) is 0 Å². The monoisotopic (exact) mass is 138 g/mol. The average Bonchev–Trinajstić information content (AvgIpc) is 2.62. The molecule has 0 aromatic carbocycles. The molecule has 2 fully saturated rings. The van der Waals surface area contributed by atoms with Crippen LogP contribution >= 0.6 is 0 Å². The van der Waals surface area contributed by atoms with E-state index in [1.54, 1.807) is 0 Å². The largest absolute Gasteiger partial charge is 0.300 e. The van der Waals surface area contributed by atoms with E-state index >= 15 is 0 Å². The highest BCUT2D eigenvalue weighted by molar-refractivity contribution is 4.85. The number of hydrogen-bond acceptors (Lipinski definition) is 1. The van der Waals surface area contributed by atoms with E-state index in [2.05, 4.69) is 11.8 Å². The van der Waals surface area contributed by atoms with E-state index in [0.717, 1.165) is 5.92 Å². The smallest absolute Gasteiger partial charge is 0.00964 e. The molecule has 2 rings (SSSR count). The zero-order valence-electron chi connectivity index (χ0n) is 6.55. The fourth-order valence-corrected chi connectivity index (χ4v) is 1.77. The lowest BCUT2D eigenvalue weighted by molar-refractivity contribution is 0.276. The van der Waals surface area contributed by atoms with E-state index in [1.807, 2.05) is 0 Å². The Hall–Kier alpha value is -0.0400. The van der Waals surface area contributed by atoms with Crippen LogP contribution in [0.3, 0.4) is 0 Å². The maximum atomic E-state index is 4.13. The molecule has 1 nitrogen and oxygen atoms in total. The van der Waals surface area contributed by atoms with Crippen molar-refractivity contribution >= 4 is 0 Å². The van der Waals surface area contributed by atoms with Crippen molar-refractivity contribution in [2.24, 2.45) is 5.92 Å². The third kappa shape index (κ3) is 1.34. The first-order chi connectivity index (χ1) is 4.86. The SMILES string of the molecule is [CH2]C1CCCN1CC1CC1. The van der Waals surface area contributed by atoms with Crippen molar-refractivity contribution in [2.75, 3.05) is 13.1 Å². The van der Waals surface area contributed by atoms with Crippen molar-refractivity contribution in [2.45, 2.75) is 31.7 Å². The van der Waals surface area contributed by atoms with Crippen molar-refractivity contribution in [3.63, 3.8) is 0 Å². The quantitative estimate of drug-likeness (QED) is 0.561. The summed E-state index contributed by atoms with van der Waals surface area (Å²) < 4.78 is 0. The molecule has 1 heteroatoms. The van der Waals surface area contributed by atoms with Gasteiger partial charge in [-0.3, -0.25) is 0 Å². The standard InChI is InChI=1S/C9H16N/c1-8-3-2-6-10(8)7-9-4-5-9/h8-9H,1-7H2. The molecule has 0 spiro atoms. The molecule has 1 atom stereocenters. The molecule has 0 aromatic rings. The fraction of sp³-hybridized carbons (Fsp3) is 0.889. The Morgan fingerprint density at radius 1 is 1.30 bits per heavy atom. The van der Waals surface area contributed by atoms with Gasteiger partial charge in [0.15, 0.2) is 0 Å². The summed E-state index contributed by atoms with van der Waals surface area (Å²) in [6.07, 6.45) is 5.65. The molecular weight excluding hydrogens is 122 g/mol. The number of nitrogens with zero attached hydrogens (tertiary/aromatic N) is 1. The molecule has 10 heavy (non-hydrogen) atoms. The highest BCUT2D eigenvalue weighted by atomic mass is 15.2. The van der Waals surface area contributed by atoms with Gasteiger partial charge in [0.25, 0.3) is 0 Å². The number of rotatable bonds is 2. The van der Waals surface area contributed by atoms with E-state index in [-0.39, 0.29) is 0 Å². The molecule has 2 aliphatic rings. The second-order valence-corrected chi connectivity index (χ2v) is 3.73. The van der Waals surface area contributed by atoms with Crippen LogP contribution in [0.25, 0.3) is 0 Å². The van der Waals surface area contributed by atoms with E-state index < -0.39 is 0 Å². The van der Waals surface area contributed by atoms with Gasteiger partial charge in [-0.15, -0.1) is 0 Å². The highest BCUT2D eigenvalue weighted by Crippen LogP contribution is 2.31. The molecule has 1 saturated carbocycles. The maximum Gasteiger partial charge on any atom is 0.00964 e. The van der Waals surface area contributed by atoms with Crippen LogP contribution in [0.2, 0.25) is 0 Å². The predicted octanol–water partition coefficient (Wildman–Crippen LogP) is 1.69. The summed E-state index contributed by atoms with van der Waals surface area (Å²) in [6.45, 7) is 6.78. The Labute approximate surface area is 63.4 Å². The second kappa shape index (κ2) is 2.54. The summed E-state index contributed by atoms with van der Waals surface area (Å²) in [6, 6.07) is 0.639. The molecule has 0 N–H and O–H groups in total. The normalized spacial score (nSPS) is 35.1. The van der Waals surface area contributed by atoms with E-state index in [4.69, 9.17) is 0 Å². The molecule has 1 radical (unpaired) electrons. The minimum absolute atomic E-state index is 0.639. The molecule has 1 saturated heterocycles. The molecule has 1 heterocycles. The first-order valence-electron chi connectivity index (χ1n) is 4.43. The molecule has 0 aromatic heterocycles. The van der Waals surface area contributed by atoms with Gasteiger partial charge in [0.1, 0.15) is 0 Å². The predicted molar refractivity (Wildman–Crippen MR) is 42.7 cm³/mol. The Balaban J connectivity index is 1.79. The Bertz CT molecular complexity index is 118. The third-order valence-corrected chi connectivity index (χ3v) is 2.69. The summed E-state index contributed by atoms with van der Waals surface area (Å²) in [5.74, 6) is 1.04. The van der Waals surface area contributed by atoms with Gasteiger partial charge < -0.3 is 4.90 Å². The van der Waals surface area contributed by atoms with Crippen LogP contribution in [0.15, 0.2) is 0 Å². The van der Waals surface area contributed by atoms with E-state index in [0.29, 0.717) is 6.04 Å². The summed E-state index contributed by atoms with van der Waals surface area (Å²) in [7, 11) is 0. The summed E-state index contributed by atoms with van der Waals surface area (Å²) in [4.78, 5) is 2.55. The molecule has 1 aliphatic heterocycles. The Kier molecular flexibility index (Phi) is 1.69. The third-order valence-electron chi connectivity index (χ3n) is 2.69. The average molecular weight is 138 g/mol. The van der Waals surface area contributed by atoms with Crippen molar-refractivity contribution < 1.29 is 0 Å². The lowest BCUT2D eigenvalue weighted by Crippen LogP contribution is -2.28. The van der Waals surface area contributed by atoms with Crippen molar-refractivity contribution in [1.82, 2.24) is 4.90 Å². The first-order valence-corrected chi connectivity index (χ1v) is 4.43. The first kappa shape index (κ1) is 6.66. The zero-order chi connectivity index (χ0) is 6.97. The zero-order valence-corrected chi connectivity index (χ0v) is 6.55. The van der Waals surface area contributed by atoms with Gasteiger partial charge in [0.2, 0.25) is 0 Å². The van der Waals surface area contributed by atoms with E-state index in [9.17, 15) is 0 Å². The van der Waals surface area contributed by atoms with Crippen LogP contribution in [-0.4, -0.2) is 24.0 Å². The van der Waals surface area contributed by atoms with Crippen LogP contribution in [0.5, 0.6) is 0 Å². The fourth-order valence-electron chi connectivity index (χ4n) is 1.77. The van der Waals surface area contributed by atoms with Crippen LogP contribution in [0, 0.1) is 12.8 Å². The maximum absolute atomic E-state index is 4.13. The van der Waals surface area contributed by atoms with Gasteiger partial charge in [0.05, 0.1) is 0 Å². The lowest BCUT2D eigenvalue weighted by Gasteiger charge is -2.19. The van der Waals surface area contributed by atoms with Crippen LogP contribution in [0.4, 0.5) is 0 Å². The summed E-state index contributed by atoms with van der Waals surface area (Å²) in [5.41, 5.74) is 0. The van der Waals surface area contributed by atoms with Crippen molar-refractivity contribution in [1.29, 1.82) is 0 Å². The minimum atomic E-state index is 0.639.